The molecule has 0 spiro atoms. The first kappa shape index (κ1) is 12.8. The molecule has 0 radical (unpaired) electrons. The van der Waals surface area contributed by atoms with Crippen LogP contribution in [0.15, 0.2) is 0 Å². The van der Waals surface area contributed by atoms with Crippen molar-refractivity contribution < 1.29 is 9.47 Å². The Balaban J connectivity index is 4.24. The van der Waals surface area contributed by atoms with Crippen molar-refractivity contribution in [3.8, 4) is 0 Å². The summed E-state index contributed by atoms with van der Waals surface area (Å²) in [6, 6.07) is 0. The summed E-state index contributed by atoms with van der Waals surface area (Å²) in [4.78, 5) is 2.10. The molecule has 0 aliphatic heterocycles. The van der Waals surface area contributed by atoms with Gasteiger partial charge in [0, 0.05) is 32.7 Å². The molecule has 0 heterocycles. The Morgan fingerprint density at radius 1 is 1.31 bits per heavy atom. The topological polar surface area (TPSA) is 47.7 Å². The van der Waals surface area contributed by atoms with Crippen LogP contribution < -0.4 is 5.73 Å². The molecule has 80 valence electrons. The van der Waals surface area contributed by atoms with Gasteiger partial charge in [-0.1, -0.05) is 0 Å². The van der Waals surface area contributed by atoms with E-state index >= 15 is 0 Å². The average Bonchev–Trinajstić information content (AvgIpc) is 2.13. The zero-order valence-corrected chi connectivity index (χ0v) is 9.33. The summed E-state index contributed by atoms with van der Waals surface area (Å²) in [7, 11) is 7.30. The minimum atomic E-state index is -0.184. The molecular weight excluding hydrogens is 168 g/mol. The summed E-state index contributed by atoms with van der Waals surface area (Å²) in [6.07, 6.45) is 0.583. The number of nitrogens with zero attached hydrogens (tertiary/aromatic N) is 1. The van der Waals surface area contributed by atoms with Gasteiger partial charge in [-0.15, -0.1) is 0 Å². The highest BCUT2D eigenvalue weighted by Gasteiger charge is 2.29. The van der Waals surface area contributed by atoms with Gasteiger partial charge in [0.05, 0.1) is 0 Å². The summed E-state index contributed by atoms with van der Waals surface area (Å²) in [6.45, 7) is 2.68. The number of likely N-dealkylation sites (N-methyl/N-ethyl adjacent to an activating group) is 1. The van der Waals surface area contributed by atoms with Gasteiger partial charge in [0.2, 0.25) is 0 Å². The number of hydrogen-bond acceptors (Lipinski definition) is 4. The highest BCUT2D eigenvalue weighted by Crippen LogP contribution is 2.18. The third kappa shape index (κ3) is 3.60. The van der Waals surface area contributed by atoms with E-state index in [0.717, 1.165) is 6.42 Å². The second kappa shape index (κ2) is 5.54. The lowest BCUT2D eigenvalue weighted by Gasteiger charge is -2.37. The van der Waals surface area contributed by atoms with Crippen LogP contribution in [0, 0.1) is 0 Å². The molecule has 1 atom stereocenters. The fourth-order valence-electron chi connectivity index (χ4n) is 1.07. The Kier molecular flexibility index (Phi) is 5.48. The highest BCUT2D eigenvalue weighted by atomic mass is 16.7. The smallest absolute Gasteiger partial charge is 0.158 e. The summed E-state index contributed by atoms with van der Waals surface area (Å²) in [5.74, 6) is 0. The monoisotopic (exact) mass is 190 g/mol. The van der Waals surface area contributed by atoms with Crippen molar-refractivity contribution in [2.75, 3.05) is 34.9 Å². The largest absolute Gasteiger partial charge is 0.356 e. The van der Waals surface area contributed by atoms with Crippen molar-refractivity contribution in [2.45, 2.75) is 25.2 Å². The molecule has 2 N–H and O–H groups in total. The molecule has 0 fully saturated rings. The van der Waals surface area contributed by atoms with Crippen LogP contribution in [0.4, 0.5) is 0 Å². The molecule has 4 heteroatoms. The van der Waals surface area contributed by atoms with Gasteiger partial charge in [-0.3, -0.25) is 0 Å². The number of hydrogen-bond donors (Lipinski definition) is 1. The maximum absolute atomic E-state index is 5.71. The first-order chi connectivity index (χ1) is 6.00. The molecule has 0 aromatic carbocycles. The van der Waals surface area contributed by atoms with Crippen molar-refractivity contribution in [3.63, 3.8) is 0 Å². The Morgan fingerprint density at radius 2 is 1.77 bits per heavy atom. The normalized spacial score (nSPS) is 16.6. The summed E-state index contributed by atoms with van der Waals surface area (Å²) in [5.41, 5.74) is 5.64. The lowest BCUT2D eigenvalue weighted by Crippen LogP contribution is -2.50. The zero-order chi connectivity index (χ0) is 10.5. The van der Waals surface area contributed by atoms with Crippen LogP contribution in [0.2, 0.25) is 0 Å². The SMILES string of the molecule is COC(CC(C)(CN)N(C)C)OC. The predicted octanol–water partition coefficient (Wildman–Crippen LogP) is 0.274. The van der Waals surface area contributed by atoms with Crippen molar-refractivity contribution in [1.82, 2.24) is 4.90 Å². The Labute approximate surface area is 81.0 Å². The third-order valence-corrected chi connectivity index (χ3v) is 2.65. The van der Waals surface area contributed by atoms with E-state index in [2.05, 4.69) is 11.8 Å². The lowest BCUT2D eigenvalue weighted by molar-refractivity contribution is -0.125. The van der Waals surface area contributed by atoms with Crippen LogP contribution in [0.1, 0.15) is 13.3 Å². The van der Waals surface area contributed by atoms with Gasteiger partial charge in [-0.05, 0) is 21.0 Å². The highest BCUT2D eigenvalue weighted by molar-refractivity contribution is 4.84. The maximum Gasteiger partial charge on any atom is 0.158 e. The van der Waals surface area contributed by atoms with E-state index in [9.17, 15) is 0 Å². The van der Waals surface area contributed by atoms with Crippen LogP contribution in [0.3, 0.4) is 0 Å². The average molecular weight is 190 g/mol. The second-order valence-corrected chi connectivity index (χ2v) is 3.70. The molecule has 1 unspecified atom stereocenters. The van der Waals surface area contributed by atoms with Crippen LogP contribution in [-0.4, -0.2) is 51.6 Å². The van der Waals surface area contributed by atoms with Gasteiger partial charge in [0.15, 0.2) is 6.29 Å². The van der Waals surface area contributed by atoms with Crippen LogP contribution in [-0.2, 0) is 9.47 Å². The molecular formula is C9H22N2O2. The molecule has 0 aromatic heterocycles. The van der Waals surface area contributed by atoms with E-state index < -0.39 is 0 Å². The number of ether oxygens (including phenoxy) is 2. The first-order valence-electron chi connectivity index (χ1n) is 4.43. The van der Waals surface area contributed by atoms with E-state index in [4.69, 9.17) is 15.2 Å². The van der Waals surface area contributed by atoms with E-state index in [1.165, 1.54) is 0 Å². The molecule has 0 aromatic rings. The Hall–Kier alpha value is -0.160. The minimum absolute atomic E-state index is 0.0727. The van der Waals surface area contributed by atoms with Gasteiger partial charge < -0.3 is 20.1 Å². The molecule has 0 saturated heterocycles. The molecule has 0 saturated carbocycles. The Bertz CT molecular complexity index is 138. The zero-order valence-electron chi connectivity index (χ0n) is 9.33. The molecule has 0 aliphatic rings. The first-order valence-corrected chi connectivity index (χ1v) is 4.43. The molecule has 4 nitrogen and oxygen atoms in total. The van der Waals surface area contributed by atoms with Crippen LogP contribution in [0.25, 0.3) is 0 Å². The van der Waals surface area contributed by atoms with Gasteiger partial charge >= 0.3 is 0 Å². The standard InChI is InChI=1S/C9H22N2O2/c1-9(7-10,11(2)3)6-8(12-4)13-5/h8H,6-7,10H2,1-5H3. The summed E-state index contributed by atoms with van der Waals surface area (Å²) >= 11 is 0. The lowest BCUT2D eigenvalue weighted by atomic mass is 9.96. The van der Waals surface area contributed by atoms with Crippen LogP contribution >= 0.6 is 0 Å². The van der Waals surface area contributed by atoms with Gasteiger partial charge in [0.1, 0.15) is 0 Å². The van der Waals surface area contributed by atoms with Crippen molar-refractivity contribution in [2.24, 2.45) is 5.73 Å². The van der Waals surface area contributed by atoms with E-state index in [-0.39, 0.29) is 11.8 Å². The predicted molar refractivity (Wildman–Crippen MR) is 53.6 cm³/mol. The van der Waals surface area contributed by atoms with Gasteiger partial charge in [-0.2, -0.15) is 0 Å². The molecule has 0 aliphatic carbocycles. The molecule has 13 heavy (non-hydrogen) atoms. The van der Waals surface area contributed by atoms with Gasteiger partial charge in [-0.25, -0.2) is 0 Å². The van der Waals surface area contributed by atoms with Gasteiger partial charge in [0.25, 0.3) is 0 Å². The van der Waals surface area contributed by atoms with Crippen molar-refractivity contribution >= 4 is 0 Å². The maximum atomic E-state index is 5.71. The third-order valence-electron chi connectivity index (χ3n) is 2.65. The summed E-state index contributed by atoms with van der Waals surface area (Å²) in [5, 5.41) is 0. The van der Waals surface area contributed by atoms with Crippen molar-refractivity contribution in [3.05, 3.63) is 0 Å². The quantitative estimate of drug-likeness (QED) is 0.611. The van der Waals surface area contributed by atoms with Crippen molar-refractivity contribution in [1.29, 1.82) is 0 Å². The van der Waals surface area contributed by atoms with Crippen LogP contribution in [0.5, 0.6) is 0 Å². The molecule has 0 rings (SSSR count). The second-order valence-electron chi connectivity index (χ2n) is 3.70. The fraction of sp³-hybridized carbons (Fsp3) is 1.00. The van der Waals surface area contributed by atoms with E-state index in [1.807, 2.05) is 14.1 Å². The summed E-state index contributed by atoms with van der Waals surface area (Å²) < 4.78 is 10.3. The fourth-order valence-corrected chi connectivity index (χ4v) is 1.07. The molecule has 0 amide bonds. The molecule has 0 bridgehead atoms. The number of methoxy groups -OCH3 is 2. The Morgan fingerprint density at radius 3 is 2.00 bits per heavy atom. The van der Waals surface area contributed by atoms with E-state index in [1.54, 1.807) is 14.2 Å². The number of nitrogens with two attached hydrogens (primary N) is 1. The number of rotatable bonds is 6. The minimum Gasteiger partial charge on any atom is -0.356 e. The van der Waals surface area contributed by atoms with E-state index in [0.29, 0.717) is 6.54 Å².